The van der Waals surface area contributed by atoms with Crippen LogP contribution in [0.15, 0.2) is 23.0 Å². The zero-order chi connectivity index (χ0) is 20.0. The van der Waals surface area contributed by atoms with Crippen LogP contribution in [-0.4, -0.2) is 27.2 Å². The Kier molecular flexibility index (Phi) is 4.87. The summed E-state index contributed by atoms with van der Waals surface area (Å²) < 4.78 is 14.6. The molecule has 6 nitrogen and oxygen atoms in total. The van der Waals surface area contributed by atoms with Gasteiger partial charge in [0.1, 0.15) is 5.82 Å². The number of amides is 2. The predicted molar refractivity (Wildman–Crippen MR) is 105 cm³/mol. The van der Waals surface area contributed by atoms with E-state index in [0.717, 1.165) is 24.0 Å². The molecule has 2 unspecified atom stereocenters. The molecule has 2 atom stereocenters. The molecule has 2 aromatic rings. The van der Waals surface area contributed by atoms with Gasteiger partial charge in [-0.15, -0.1) is 0 Å². The third-order valence-corrected chi connectivity index (χ3v) is 5.86. The number of carbonyl (C=O) groups excluding carboxylic acids is 1. The van der Waals surface area contributed by atoms with Crippen molar-refractivity contribution in [3.05, 3.63) is 56.2 Å². The fourth-order valence-electron chi connectivity index (χ4n) is 4.04. The second kappa shape index (κ2) is 7.20. The monoisotopic (exact) mass is 404 g/mol. The lowest BCUT2D eigenvalue weighted by Crippen LogP contribution is -2.48. The lowest BCUT2D eigenvalue weighted by molar-refractivity contribution is 0.145. The van der Waals surface area contributed by atoms with Gasteiger partial charge in [0.25, 0.3) is 5.56 Å². The number of rotatable bonds is 3. The average Bonchev–Trinajstić information content (AvgIpc) is 3.47. The van der Waals surface area contributed by atoms with E-state index in [4.69, 9.17) is 11.6 Å². The molecule has 0 spiro atoms. The minimum Gasteiger partial charge on any atom is -0.313 e. The van der Waals surface area contributed by atoms with E-state index >= 15 is 0 Å². The van der Waals surface area contributed by atoms with Crippen molar-refractivity contribution in [3.63, 3.8) is 0 Å². The Bertz CT molecular complexity index is 989. The SMILES string of the molecule is CCC1c2n[nH]c(=O)cc2CC(C)N1C(=O)Nc1cc(Cl)c(C2CC2)cc1F. The van der Waals surface area contributed by atoms with Gasteiger partial charge in [0.05, 0.1) is 17.4 Å². The highest BCUT2D eigenvalue weighted by atomic mass is 35.5. The number of carbonyl (C=O) groups is 1. The van der Waals surface area contributed by atoms with Crippen molar-refractivity contribution in [1.82, 2.24) is 15.1 Å². The number of anilines is 1. The number of aromatic nitrogens is 2. The maximum atomic E-state index is 14.6. The minimum atomic E-state index is -0.486. The Hall–Kier alpha value is -2.41. The van der Waals surface area contributed by atoms with Gasteiger partial charge < -0.3 is 10.2 Å². The molecule has 0 saturated heterocycles. The fraction of sp³-hybridized carbons (Fsp3) is 0.450. The molecule has 28 heavy (non-hydrogen) atoms. The van der Waals surface area contributed by atoms with Crippen LogP contribution in [0.1, 0.15) is 61.9 Å². The van der Waals surface area contributed by atoms with Crippen LogP contribution in [0.25, 0.3) is 0 Å². The van der Waals surface area contributed by atoms with Gasteiger partial charge in [0, 0.05) is 17.1 Å². The standard InChI is InChI=1S/C20H22ClFN4O2/c1-3-17-19-12(7-18(27)24-25-19)6-10(2)26(17)20(28)23-16-9-14(21)13(8-15(16)22)11-4-5-11/h7-11,17H,3-6H2,1-2H3,(H,23,28)(H,24,27). The second-order valence-electron chi connectivity index (χ2n) is 7.59. The number of nitrogens with zero attached hydrogens (tertiary/aromatic N) is 2. The van der Waals surface area contributed by atoms with Crippen molar-refractivity contribution in [2.75, 3.05) is 5.32 Å². The Morgan fingerprint density at radius 3 is 2.82 bits per heavy atom. The van der Waals surface area contributed by atoms with E-state index < -0.39 is 11.8 Å². The van der Waals surface area contributed by atoms with E-state index in [1.165, 1.54) is 18.2 Å². The molecule has 0 radical (unpaired) electrons. The molecular formula is C20H22ClFN4O2. The largest absolute Gasteiger partial charge is 0.322 e. The summed E-state index contributed by atoms with van der Waals surface area (Å²) in [6.07, 6.45) is 3.17. The quantitative estimate of drug-likeness (QED) is 0.797. The molecule has 1 aromatic carbocycles. The van der Waals surface area contributed by atoms with E-state index in [1.54, 1.807) is 4.90 Å². The zero-order valence-corrected chi connectivity index (χ0v) is 16.5. The summed E-state index contributed by atoms with van der Waals surface area (Å²) in [5.74, 6) is -0.164. The Morgan fingerprint density at radius 1 is 1.39 bits per heavy atom. The summed E-state index contributed by atoms with van der Waals surface area (Å²) in [5.41, 5.74) is 2.14. The summed E-state index contributed by atoms with van der Waals surface area (Å²) >= 11 is 6.30. The highest BCUT2D eigenvalue weighted by molar-refractivity contribution is 6.31. The van der Waals surface area contributed by atoms with E-state index in [0.29, 0.717) is 29.5 Å². The van der Waals surface area contributed by atoms with Gasteiger partial charge in [0.15, 0.2) is 0 Å². The van der Waals surface area contributed by atoms with Gasteiger partial charge in [-0.2, -0.15) is 5.10 Å². The van der Waals surface area contributed by atoms with Crippen molar-refractivity contribution in [2.45, 2.75) is 57.5 Å². The summed E-state index contributed by atoms with van der Waals surface area (Å²) in [5, 5.41) is 9.75. The zero-order valence-electron chi connectivity index (χ0n) is 15.8. The minimum absolute atomic E-state index is 0.0710. The van der Waals surface area contributed by atoms with E-state index in [-0.39, 0.29) is 23.3 Å². The van der Waals surface area contributed by atoms with Crippen molar-refractivity contribution < 1.29 is 9.18 Å². The first-order valence-corrected chi connectivity index (χ1v) is 9.93. The molecule has 1 aromatic heterocycles. The summed E-state index contributed by atoms with van der Waals surface area (Å²) in [6, 6.07) is 3.57. The smallest absolute Gasteiger partial charge is 0.313 e. The first-order valence-electron chi connectivity index (χ1n) is 9.55. The van der Waals surface area contributed by atoms with Gasteiger partial charge in [-0.1, -0.05) is 18.5 Å². The van der Waals surface area contributed by atoms with Gasteiger partial charge in [-0.3, -0.25) is 4.79 Å². The van der Waals surface area contributed by atoms with Crippen LogP contribution >= 0.6 is 11.6 Å². The van der Waals surface area contributed by atoms with Crippen molar-refractivity contribution in [2.24, 2.45) is 0 Å². The van der Waals surface area contributed by atoms with Crippen LogP contribution in [0.4, 0.5) is 14.9 Å². The molecule has 1 aliphatic carbocycles. The number of halogens is 2. The topological polar surface area (TPSA) is 78.1 Å². The first-order chi connectivity index (χ1) is 13.4. The van der Waals surface area contributed by atoms with Gasteiger partial charge in [0.2, 0.25) is 0 Å². The summed E-state index contributed by atoms with van der Waals surface area (Å²) in [7, 11) is 0. The number of benzene rings is 1. The number of H-pyrrole nitrogens is 1. The van der Waals surface area contributed by atoms with Crippen LogP contribution in [0.2, 0.25) is 5.02 Å². The number of aromatic amines is 1. The Balaban J connectivity index is 1.61. The van der Waals surface area contributed by atoms with Crippen LogP contribution in [0, 0.1) is 5.82 Å². The first kappa shape index (κ1) is 18.9. The third kappa shape index (κ3) is 3.39. The third-order valence-electron chi connectivity index (χ3n) is 5.53. The lowest BCUT2D eigenvalue weighted by Gasteiger charge is -2.40. The molecule has 8 heteroatoms. The number of hydrogen-bond acceptors (Lipinski definition) is 3. The molecule has 2 aliphatic rings. The van der Waals surface area contributed by atoms with Crippen molar-refractivity contribution >= 4 is 23.3 Å². The molecular weight excluding hydrogens is 383 g/mol. The maximum absolute atomic E-state index is 14.6. The molecule has 4 rings (SSSR count). The molecule has 1 aliphatic heterocycles. The normalized spacial score (nSPS) is 21.4. The Morgan fingerprint density at radius 2 is 2.14 bits per heavy atom. The van der Waals surface area contributed by atoms with Crippen LogP contribution in [0.3, 0.4) is 0 Å². The summed E-state index contributed by atoms with van der Waals surface area (Å²) in [6.45, 7) is 3.85. The van der Waals surface area contributed by atoms with Crippen LogP contribution in [-0.2, 0) is 6.42 Å². The predicted octanol–water partition coefficient (Wildman–Crippen LogP) is 4.37. The van der Waals surface area contributed by atoms with E-state index in [9.17, 15) is 14.0 Å². The van der Waals surface area contributed by atoms with Gasteiger partial charge in [-0.25, -0.2) is 14.3 Å². The van der Waals surface area contributed by atoms with E-state index in [2.05, 4.69) is 15.5 Å². The van der Waals surface area contributed by atoms with Gasteiger partial charge in [-0.05, 0) is 61.8 Å². The molecule has 1 fully saturated rings. The molecule has 1 saturated carbocycles. The Labute approximate surface area is 167 Å². The molecule has 0 bridgehead atoms. The average molecular weight is 405 g/mol. The number of hydrogen-bond donors (Lipinski definition) is 2. The molecule has 2 amide bonds. The maximum Gasteiger partial charge on any atom is 0.322 e. The fourth-order valence-corrected chi connectivity index (χ4v) is 4.35. The highest BCUT2D eigenvalue weighted by Crippen LogP contribution is 2.44. The summed E-state index contributed by atoms with van der Waals surface area (Å²) in [4.78, 5) is 26.3. The van der Waals surface area contributed by atoms with Crippen molar-refractivity contribution in [3.8, 4) is 0 Å². The van der Waals surface area contributed by atoms with E-state index in [1.807, 2.05) is 13.8 Å². The van der Waals surface area contributed by atoms with Crippen LogP contribution in [0.5, 0.6) is 0 Å². The lowest BCUT2D eigenvalue weighted by atomic mass is 9.92. The highest BCUT2D eigenvalue weighted by Gasteiger charge is 2.36. The number of fused-ring (bicyclic) bond motifs is 1. The van der Waals surface area contributed by atoms with Crippen LogP contribution < -0.4 is 10.9 Å². The van der Waals surface area contributed by atoms with Gasteiger partial charge >= 0.3 is 6.03 Å². The molecule has 2 N–H and O–H groups in total. The second-order valence-corrected chi connectivity index (χ2v) is 7.99. The molecule has 2 heterocycles. The molecule has 148 valence electrons. The van der Waals surface area contributed by atoms with Crippen molar-refractivity contribution in [1.29, 1.82) is 0 Å². The number of nitrogens with one attached hydrogen (secondary N) is 2. The number of urea groups is 1.